The maximum atomic E-state index is 12.1. The SMILES string of the molecule is Cn1cc(S(=O)(=O)NC2(CN)CCCC2)cn1. The van der Waals surface area contributed by atoms with Crippen LogP contribution in [-0.2, 0) is 17.1 Å². The van der Waals surface area contributed by atoms with Crippen LogP contribution < -0.4 is 10.5 Å². The molecule has 96 valence electrons. The second-order valence-electron chi connectivity index (χ2n) is 4.65. The normalized spacial score (nSPS) is 19.6. The van der Waals surface area contributed by atoms with Gasteiger partial charge in [-0.1, -0.05) is 12.8 Å². The first-order chi connectivity index (χ1) is 7.97. The van der Waals surface area contributed by atoms with Gasteiger partial charge in [-0.15, -0.1) is 0 Å². The van der Waals surface area contributed by atoms with Crippen LogP contribution in [0.3, 0.4) is 0 Å². The van der Waals surface area contributed by atoms with Crippen LogP contribution in [0.25, 0.3) is 0 Å². The lowest BCUT2D eigenvalue weighted by molar-refractivity contribution is 0.399. The Hall–Kier alpha value is -0.920. The molecule has 17 heavy (non-hydrogen) atoms. The number of hydrogen-bond acceptors (Lipinski definition) is 4. The van der Waals surface area contributed by atoms with Gasteiger partial charge in [0, 0.05) is 25.3 Å². The molecular formula is C10H18N4O2S. The molecule has 1 aromatic heterocycles. The molecule has 0 radical (unpaired) electrons. The summed E-state index contributed by atoms with van der Waals surface area (Å²) in [5.74, 6) is 0. The maximum absolute atomic E-state index is 12.1. The molecule has 1 saturated carbocycles. The van der Waals surface area contributed by atoms with Crippen molar-refractivity contribution in [3.05, 3.63) is 12.4 Å². The van der Waals surface area contributed by atoms with Crippen molar-refractivity contribution in [3.8, 4) is 0 Å². The van der Waals surface area contributed by atoms with Crippen molar-refractivity contribution in [3.63, 3.8) is 0 Å². The summed E-state index contributed by atoms with van der Waals surface area (Å²) >= 11 is 0. The minimum atomic E-state index is -3.51. The van der Waals surface area contributed by atoms with Crippen molar-refractivity contribution in [2.24, 2.45) is 12.8 Å². The van der Waals surface area contributed by atoms with Crippen LogP contribution in [0.1, 0.15) is 25.7 Å². The highest BCUT2D eigenvalue weighted by Crippen LogP contribution is 2.30. The number of sulfonamides is 1. The Morgan fingerprint density at radius 2 is 2.18 bits per heavy atom. The predicted octanol–water partition coefficient (Wildman–Crippen LogP) is -0.0301. The Balaban J connectivity index is 2.22. The Bertz CT molecular complexity index is 488. The average molecular weight is 258 g/mol. The zero-order chi connectivity index (χ0) is 12.5. The van der Waals surface area contributed by atoms with Crippen LogP contribution in [-0.4, -0.2) is 30.3 Å². The van der Waals surface area contributed by atoms with Crippen LogP contribution in [0.15, 0.2) is 17.3 Å². The lowest BCUT2D eigenvalue weighted by Crippen LogP contribution is -2.51. The third-order valence-electron chi connectivity index (χ3n) is 3.29. The zero-order valence-corrected chi connectivity index (χ0v) is 10.7. The monoisotopic (exact) mass is 258 g/mol. The third-order valence-corrected chi connectivity index (χ3v) is 4.83. The second kappa shape index (κ2) is 4.40. The first kappa shape index (κ1) is 12.5. The summed E-state index contributed by atoms with van der Waals surface area (Å²) in [7, 11) is -1.82. The lowest BCUT2D eigenvalue weighted by Gasteiger charge is -2.27. The summed E-state index contributed by atoms with van der Waals surface area (Å²) in [4.78, 5) is 0.194. The molecule has 1 fully saturated rings. The van der Waals surface area contributed by atoms with Gasteiger partial charge >= 0.3 is 0 Å². The summed E-state index contributed by atoms with van der Waals surface area (Å²) in [5, 5.41) is 3.87. The van der Waals surface area contributed by atoms with E-state index in [1.54, 1.807) is 7.05 Å². The quantitative estimate of drug-likeness (QED) is 0.793. The molecule has 0 aliphatic heterocycles. The molecule has 3 N–H and O–H groups in total. The van der Waals surface area contributed by atoms with Crippen molar-refractivity contribution < 1.29 is 8.42 Å². The topological polar surface area (TPSA) is 90.0 Å². The van der Waals surface area contributed by atoms with Gasteiger partial charge in [0.2, 0.25) is 10.0 Å². The van der Waals surface area contributed by atoms with E-state index in [9.17, 15) is 8.42 Å². The van der Waals surface area contributed by atoms with Crippen LogP contribution in [0.2, 0.25) is 0 Å². The van der Waals surface area contributed by atoms with E-state index in [0.29, 0.717) is 6.54 Å². The van der Waals surface area contributed by atoms with Gasteiger partial charge in [0.05, 0.1) is 6.20 Å². The summed E-state index contributed by atoms with van der Waals surface area (Å²) in [5.41, 5.74) is 5.25. The molecule has 1 heterocycles. The summed E-state index contributed by atoms with van der Waals surface area (Å²) < 4.78 is 28.5. The van der Waals surface area contributed by atoms with E-state index in [1.807, 2.05) is 0 Å². The molecule has 0 aromatic carbocycles. The van der Waals surface area contributed by atoms with Gasteiger partial charge in [-0.3, -0.25) is 4.68 Å². The van der Waals surface area contributed by atoms with Gasteiger partial charge in [-0.05, 0) is 12.8 Å². The number of nitrogens with zero attached hydrogens (tertiary/aromatic N) is 2. The minimum absolute atomic E-state index is 0.194. The molecule has 0 amide bonds. The molecular weight excluding hydrogens is 240 g/mol. The first-order valence-electron chi connectivity index (χ1n) is 5.70. The Morgan fingerprint density at radius 3 is 2.65 bits per heavy atom. The first-order valence-corrected chi connectivity index (χ1v) is 7.18. The lowest BCUT2D eigenvalue weighted by atomic mass is 10.0. The van der Waals surface area contributed by atoms with Crippen molar-refractivity contribution >= 4 is 10.0 Å². The Kier molecular flexibility index (Phi) is 3.24. The summed E-state index contributed by atoms with van der Waals surface area (Å²) in [6.07, 6.45) is 6.49. The fourth-order valence-electron chi connectivity index (χ4n) is 2.28. The molecule has 6 nitrogen and oxygen atoms in total. The number of aromatic nitrogens is 2. The van der Waals surface area contributed by atoms with Crippen molar-refractivity contribution in [1.82, 2.24) is 14.5 Å². The van der Waals surface area contributed by atoms with E-state index in [1.165, 1.54) is 17.1 Å². The molecule has 1 aliphatic rings. The van der Waals surface area contributed by atoms with E-state index in [0.717, 1.165) is 25.7 Å². The summed E-state index contributed by atoms with van der Waals surface area (Å²) in [6.45, 7) is 0.340. The van der Waals surface area contributed by atoms with Gasteiger partial charge in [-0.25, -0.2) is 13.1 Å². The Labute approximate surface area is 101 Å². The third kappa shape index (κ3) is 2.51. The molecule has 0 saturated heterocycles. The van der Waals surface area contributed by atoms with E-state index < -0.39 is 15.6 Å². The van der Waals surface area contributed by atoms with Gasteiger partial charge < -0.3 is 5.73 Å². The molecule has 7 heteroatoms. The van der Waals surface area contributed by atoms with E-state index in [2.05, 4.69) is 9.82 Å². The fourth-order valence-corrected chi connectivity index (χ4v) is 3.73. The van der Waals surface area contributed by atoms with Crippen molar-refractivity contribution in [1.29, 1.82) is 0 Å². The van der Waals surface area contributed by atoms with Crippen LogP contribution >= 0.6 is 0 Å². The zero-order valence-electron chi connectivity index (χ0n) is 9.89. The largest absolute Gasteiger partial charge is 0.329 e. The molecule has 0 bridgehead atoms. The van der Waals surface area contributed by atoms with Crippen molar-refractivity contribution in [2.75, 3.05) is 6.54 Å². The number of aryl methyl sites for hydroxylation is 1. The highest BCUT2D eigenvalue weighted by atomic mass is 32.2. The standard InChI is InChI=1S/C10H18N4O2S/c1-14-7-9(6-12-14)17(15,16)13-10(8-11)4-2-3-5-10/h6-7,13H,2-5,8,11H2,1H3. The van der Waals surface area contributed by atoms with Crippen LogP contribution in [0.5, 0.6) is 0 Å². The minimum Gasteiger partial charge on any atom is -0.329 e. The maximum Gasteiger partial charge on any atom is 0.244 e. The highest BCUT2D eigenvalue weighted by Gasteiger charge is 2.37. The smallest absolute Gasteiger partial charge is 0.244 e. The van der Waals surface area contributed by atoms with Gasteiger partial charge in [-0.2, -0.15) is 5.10 Å². The molecule has 0 unspecified atom stereocenters. The average Bonchev–Trinajstić information content (AvgIpc) is 2.87. The van der Waals surface area contributed by atoms with E-state index >= 15 is 0 Å². The number of nitrogens with two attached hydrogens (primary N) is 1. The highest BCUT2D eigenvalue weighted by molar-refractivity contribution is 7.89. The number of hydrogen-bond donors (Lipinski definition) is 2. The fraction of sp³-hybridized carbons (Fsp3) is 0.700. The Morgan fingerprint density at radius 1 is 1.53 bits per heavy atom. The number of nitrogens with one attached hydrogen (secondary N) is 1. The van der Waals surface area contributed by atoms with Gasteiger partial charge in [0.25, 0.3) is 0 Å². The molecule has 0 atom stereocenters. The molecule has 1 aromatic rings. The van der Waals surface area contributed by atoms with E-state index in [4.69, 9.17) is 5.73 Å². The van der Waals surface area contributed by atoms with Gasteiger partial charge in [0.15, 0.2) is 0 Å². The molecule has 2 rings (SSSR count). The summed E-state index contributed by atoms with van der Waals surface area (Å²) in [6, 6.07) is 0. The van der Waals surface area contributed by atoms with Crippen LogP contribution in [0.4, 0.5) is 0 Å². The number of rotatable bonds is 4. The molecule has 1 aliphatic carbocycles. The van der Waals surface area contributed by atoms with Crippen LogP contribution in [0, 0.1) is 0 Å². The van der Waals surface area contributed by atoms with Gasteiger partial charge in [0.1, 0.15) is 4.90 Å². The molecule has 0 spiro atoms. The van der Waals surface area contributed by atoms with Crippen molar-refractivity contribution in [2.45, 2.75) is 36.1 Å². The second-order valence-corrected chi connectivity index (χ2v) is 6.33. The predicted molar refractivity (Wildman–Crippen MR) is 63.8 cm³/mol. The van der Waals surface area contributed by atoms with E-state index in [-0.39, 0.29) is 4.90 Å².